The van der Waals surface area contributed by atoms with Crippen molar-refractivity contribution in [3.8, 4) is 0 Å². The van der Waals surface area contributed by atoms with Gasteiger partial charge in [-0.15, -0.1) is 0 Å². The summed E-state index contributed by atoms with van der Waals surface area (Å²) in [7, 11) is 0. The Morgan fingerprint density at radius 3 is 0.900 bits per heavy atom. The normalized spacial score (nSPS) is 23.4. The van der Waals surface area contributed by atoms with Gasteiger partial charge in [0.15, 0.2) is 0 Å². The maximum atomic E-state index is 9.93. The molecule has 0 spiro atoms. The van der Waals surface area contributed by atoms with Gasteiger partial charge in [0.05, 0.1) is 13.2 Å². The topological polar surface area (TPSA) is 12.5 Å². The predicted octanol–water partition coefficient (Wildman–Crippen LogP) is 2.16. The molecule has 0 aromatic rings. The molecule has 0 aromatic carbocycles. The summed E-state index contributed by atoms with van der Waals surface area (Å²) < 4.78 is 64.0. The molecule has 0 bridgehead atoms. The van der Waals surface area contributed by atoms with E-state index in [1.54, 1.807) is 0 Å². The first-order valence-corrected chi connectivity index (χ1v) is 7.88. The van der Waals surface area contributed by atoms with Crippen molar-refractivity contribution in [1.29, 1.82) is 0 Å². The molecule has 1 aliphatic rings. The molecule has 0 unspecified atom stereocenters. The van der Waals surface area contributed by atoms with E-state index in [0.29, 0.717) is 0 Å². The molecule has 66 valence electrons. The van der Waals surface area contributed by atoms with Crippen LogP contribution in [0.1, 0.15) is 0 Å². The van der Waals surface area contributed by atoms with Gasteiger partial charge < -0.3 is 4.74 Å². The molecule has 0 amide bonds. The van der Waals surface area contributed by atoms with Gasteiger partial charge in [-0.3, -0.25) is 0 Å². The van der Waals surface area contributed by atoms with Gasteiger partial charge in [-0.05, 0) is 0 Å². The second-order valence-corrected chi connectivity index (χ2v) is 7.04. The van der Waals surface area contributed by atoms with Gasteiger partial charge >= 0.3 is 36.4 Å². The zero-order chi connectivity index (χ0) is 8.53. The van der Waals surface area contributed by atoms with Crippen LogP contribution >= 0.6 is 0 Å². The fourth-order valence-corrected chi connectivity index (χ4v) is 0. The quantitative estimate of drug-likeness (QED) is 0.376. The van der Waals surface area contributed by atoms with Crippen LogP contribution in [0.15, 0.2) is 0 Å². The third-order valence-corrected chi connectivity index (χ3v) is 0.204. The average molecular weight is 280 g/mol. The molecular formula is C2H4F6OSb-. The SMILES string of the molecule is C1CO1.[F][Sb-]([F])([F])([F])([F])[F]. The van der Waals surface area contributed by atoms with Crippen LogP contribution in [-0.4, -0.2) is 32.7 Å². The minimum atomic E-state index is -11.2. The van der Waals surface area contributed by atoms with Gasteiger partial charge in [0, 0.05) is 0 Å². The molecule has 1 fully saturated rings. The van der Waals surface area contributed by atoms with Crippen molar-refractivity contribution in [2.24, 2.45) is 0 Å². The fraction of sp³-hybridized carbons (Fsp3) is 1.00. The molecule has 1 saturated heterocycles. The van der Waals surface area contributed by atoms with Crippen molar-refractivity contribution in [2.45, 2.75) is 0 Å². The molecule has 0 N–H and O–H groups in total. The van der Waals surface area contributed by atoms with E-state index in [1.165, 1.54) is 0 Å². The molecule has 0 saturated carbocycles. The third kappa shape index (κ3) is 245. The molecule has 1 nitrogen and oxygen atoms in total. The average Bonchev–Trinajstić information content (AvgIpc) is 1.85. The molecule has 8 heteroatoms. The summed E-state index contributed by atoms with van der Waals surface area (Å²) in [6.45, 7) is 2.00. The van der Waals surface area contributed by atoms with Gasteiger partial charge in [0.1, 0.15) is 0 Å². The first-order valence-electron chi connectivity index (χ1n) is 2.09. The summed E-state index contributed by atoms with van der Waals surface area (Å²) >= 11 is -11.2. The van der Waals surface area contributed by atoms with Crippen molar-refractivity contribution < 1.29 is 21.6 Å². The van der Waals surface area contributed by atoms with E-state index < -0.39 is 19.5 Å². The Labute approximate surface area is 54.9 Å². The van der Waals surface area contributed by atoms with Crippen LogP contribution in [-0.2, 0) is 4.74 Å². The van der Waals surface area contributed by atoms with Crippen LogP contribution in [0.3, 0.4) is 0 Å². The molecular weight excluding hydrogens is 276 g/mol. The minimum absolute atomic E-state index is 1.00. The molecule has 10 heavy (non-hydrogen) atoms. The Morgan fingerprint density at radius 2 is 0.900 bits per heavy atom. The van der Waals surface area contributed by atoms with Gasteiger partial charge in [-0.25, -0.2) is 0 Å². The molecule has 1 heterocycles. The van der Waals surface area contributed by atoms with Gasteiger partial charge in [0.2, 0.25) is 0 Å². The van der Waals surface area contributed by atoms with Gasteiger partial charge in [-0.2, -0.15) is 0 Å². The molecule has 0 aromatic heterocycles. The van der Waals surface area contributed by atoms with Gasteiger partial charge in [0.25, 0.3) is 0 Å². The van der Waals surface area contributed by atoms with Crippen LogP contribution in [0.25, 0.3) is 0 Å². The number of ether oxygens (including phenoxy) is 1. The number of epoxide rings is 1. The Morgan fingerprint density at radius 1 is 0.800 bits per heavy atom. The van der Waals surface area contributed by atoms with Crippen LogP contribution in [0.5, 0.6) is 0 Å². The van der Waals surface area contributed by atoms with E-state index in [4.69, 9.17) is 0 Å². The standard InChI is InChI=1S/C2H4O.6FH.Sb/c1-2-3-1;;;;;;;/h1-2H2;6*1H;/q;;;;;;;+5/p-6. The number of hydrogen-bond acceptors (Lipinski definition) is 1. The molecule has 1 aliphatic heterocycles. The van der Waals surface area contributed by atoms with Crippen molar-refractivity contribution in [3.05, 3.63) is 0 Å². The van der Waals surface area contributed by atoms with E-state index >= 15 is 0 Å². The molecule has 1 rings (SSSR count). The monoisotopic (exact) mass is 279 g/mol. The van der Waals surface area contributed by atoms with Crippen LogP contribution in [0.2, 0.25) is 0 Å². The Balaban J connectivity index is 0.000000219. The number of rotatable bonds is 0. The molecule has 0 aliphatic carbocycles. The van der Waals surface area contributed by atoms with E-state index in [1.807, 2.05) is 0 Å². The van der Waals surface area contributed by atoms with E-state index in [-0.39, 0.29) is 0 Å². The van der Waals surface area contributed by atoms with Crippen LogP contribution in [0, 0.1) is 0 Å². The first-order chi connectivity index (χ1) is 3.95. The van der Waals surface area contributed by atoms with Crippen LogP contribution < -0.4 is 0 Å². The Bertz CT molecular complexity index is 102. The third-order valence-electron chi connectivity index (χ3n) is 0.204. The van der Waals surface area contributed by atoms with Crippen LogP contribution in [0.4, 0.5) is 16.9 Å². The van der Waals surface area contributed by atoms with Crippen molar-refractivity contribution >= 4 is 19.5 Å². The predicted molar refractivity (Wildman–Crippen MR) is 23.2 cm³/mol. The Kier molecular flexibility index (Phi) is 2.01. The molecule has 0 atom stereocenters. The van der Waals surface area contributed by atoms with Crippen molar-refractivity contribution in [3.63, 3.8) is 0 Å². The summed E-state index contributed by atoms with van der Waals surface area (Å²) in [6.07, 6.45) is 0. The van der Waals surface area contributed by atoms with Crippen molar-refractivity contribution in [2.75, 3.05) is 13.2 Å². The summed E-state index contributed by atoms with van der Waals surface area (Å²) in [5, 5.41) is 0. The number of hydrogen-bond donors (Lipinski definition) is 0. The van der Waals surface area contributed by atoms with Gasteiger partial charge in [-0.1, -0.05) is 0 Å². The summed E-state index contributed by atoms with van der Waals surface area (Å²) in [4.78, 5) is 0. The zero-order valence-corrected chi connectivity index (χ0v) is 7.09. The Hall–Kier alpha value is 0.358. The van der Waals surface area contributed by atoms with Crippen molar-refractivity contribution in [1.82, 2.24) is 0 Å². The van der Waals surface area contributed by atoms with E-state index in [9.17, 15) is 16.9 Å². The summed E-state index contributed by atoms with van der Waals surface area (Å²) in [5.41, 5.74) is 0. The zero-order valence-electron chi connectivity index (χ0n) is 4.54. The second kappa shape index (κ2) is 1.94. The number of halogens is 6. The van der Waals surface area contributed by atoms with E-state index in [2.05, 4.69) is 4.74 Å². The first kappa shape index (κ1) is 10.4. The van der Waals surface area contributed by atoms with E-state index in [0.717, 1.165) is 13.2 Å². The maximum absolute atomic E-state index is 11.2. The fourth-order valence-electron chi connectivity index (χ4n) is 0. The molecule has 0 radical (unpaired) electrons. The second-order valence-electron chi connectivity index (χ2n) is 1.57. The summed E-state index contributed by atoms with van der Waals surface area (Å²) in [6, 6.07) is 0. The summed E-state index contributed by atoms with van der Waals surface area (Å²) in [5.74, 6) is 0.